The Morgan fingerprint density at radius 2 is 2.00 bits per heavy atom. The Bertz CT molecular complexity index is 989. The summed E-state index contributed by atoms with van der Waals surface area (Å²) in [6.45, 7) is 1.48. The molecule has 2 N–H and O–H groups in total. The molecule has 1 aromatic carbocycles. The first-order valence-corrected chi connectivity index (χ1v) is 9.50. The molecule has 7 nitrogen and oxygen atoms in total. The second-order valence-electron chi connectivity index (χ2n) is 5.34. The summed E-state index contributed by atoms with van der Waals surface area (Å²) in [5.41, 5.74) is 5.78. The Kier molecular flexibility index (Phi) is 5.80. The topological polar surface area (TPSA) is 104 Å². The monoisotopic (exact) mass is 398 g/mol. The number of nitriles is 1. The lowest BCUT2D eigenvalue weighted by Gasteiger charge is -2.08. The molecule has 0 aliphatic rings. The van der Waals surface area contributed by atoms with Gasteiger partial charge < -0.3 is 4.74 Å². The van der Waals surface area contributed by atoms with Gasteiger partial charge in [-0.05, 0) is 42.6 Å². The number of rotatable bonds is 5. The standard InChI is InChI=1S/C18H14N4O3S2/c1-11-16(27-18(20-11)14-3-2-8-26-14)17(24)22-21-15(23)10-25-13-6-4-12(9-19)5-7-13/h2-8H,10H2,1H3,(H,21,23)(H,22,24). The minimum absolute atomic E-state index is 0.270. The van der Waals surface area contributed by atoms with E-state index in [0.717, 1.165) is 9.88 Å². The maximum absolute atomic E-state index is 12.3. The number of nitrogens with zero attached hydrogens (tertiary/aromatic N) is 2. The molecule has 3 rings (SSSR count). The number of thiazole rings is 1. The third-order valence-corrected chi connectivity index (χ3v) is 5.60. The van der Waals surface area contributed by atoms with Gasteiger partial charge in [-0.2, -0.15) is 5.26 Å². The molecule has 3 aromatic rings. The SMILES string of the molecule is Cc1nc(-c2cccs2)sc1C(=O)NNC(=O)COc1ccc(C#N)cc1. The Balaban J connectivity index is 1.51. The zero-order valence-corrected chi connectivity index (χ0v) is 15.8. The molecular formula is C18H14N4O3S2. The molecule has 2 aromatic heterocycles. The first kappa shape index (κ1) is 18.6. The van der Waals surface area contributed by atoms with Gasteiger partial charge in [-0.25, -0.2) is 4.98 Å². The highest BCUT2D eigenvalue weighted by Gasteiger charge is 2.17. The maximum atomic E-state index is 12.3. The fraction of sp³-hybridized carbons (Fsp3) is 0.111. The van der Waals surface area contributed by atoms with Gasteiger partial charge in [0, 0.05) is 0 Å². The highest BCUT2D eigenvalue weighted by atomic mass is 32.1. The van der Waals surface area contributed by atoms with Crippen molar-refractivity contribution in [1.29, 1.82) is 5.26 Å². The quantitative estimate of drug-likeness (QED) is 0.643. The van der Waals surface area contributed by atoms with Crippen LogP contribution in [0.2, 0.25) is 0 Å². The largest absolute Gasteiger partial charge is 0.484 e. The zero-order chi connectivity index (χ0) is 19.2. The van der Waals surface area contributed by atoms with Gasteiger partial charge in [0.2, 0.25) is 0 Å². The summed E-state index contributed by atoms with van der Waals surface area (Å²) in [4.78, 5) is 29.9. The van der Waals surface area contributed by atoms with Crippen molar-refractivity contribution in [3.63, 3.8) is 0 Å². The number of thiophene rings is 1. The van der Waals surface area contributed by atoms with Crippen LogP contribution in [-0.4, -0.2) is 23.4 Å². The normalized spacial score (nSPS) is 10.1. The predicted octanol–water partition coefficient (Wildman–Crippen LogP) is 2.89. The molecular weight excluding hydrogens is 384 g/mol. The van der Waals surface area contributed by atoms with Gasteiger partial charge in [0.15, 0.2) is 6.61 Å². The van der Waals surface area contributed by atoms with Gasteiger partial charge >= 0.3 is 0 Å². The summed E-state index contributed by atoms with van der Waals surface area (Å²) in [5, 5.41) is 11.5. The molecule has 27 heavy (non-hydrogen) atoms. The van der Waals surface area contributed by atoms with Gasteiger partial charge in [-0.1, -0.05) is 6.07 Å². The maximum Gasteiger partial charge on any atom is 0.281 e. The molecule has 0 saturated carbocycles. The lowest BCUT2D eigenvalue weighted by Crippen LogP contribution is -2.43. The van der Waals surface area contributed by atoms with E-state index in [1.165, 1.54) is 11.3 Å². The van der Waals surface area contributed by atoms with Gasteiger partial charge in [0.1, 0.15) is 15.6 Å². The Morgan fingerprint density at radius 3 is 2.67 bits per heavy atom. The van der Waals surface area contributed by atoms with Crippen LogP contribution in [0.5, 0.6) is 5.75 Å². The van der Waals surface area contributed by atoms with Crippen LogP contribution in [0.4, 0.5) is 0 Å². The Morgan fingerprint density at radius 1 is 1.22 bits per heavy atom. The van der Waals surface area contributed by atoms with Crippen molar-refractivity contribution in [1.82, 2.24) is 15.8 Å². The van der Waals surface area contributed by atoms with Crippen molar-refractivity contribution in [2.24, 2.45) is 0 Å². The van der Waals surface area contributed by atoms with Crippen molar-refractivity contribution < 1.29 is 14.3 Å². The molecule has 0 bridgehead atoms. The summed E-state index contributed by atoms with van der Waals surface area (Å²) < 4.78 is 5.30. The molecule has 0 aliphatic carbocycles. The number of aryl methyl sites for hydroxylation is 1. The van der Waals surface area contributed by atoms with Crippen LogP contribution in [0.25, 0.3) is 9.88 Å². The fourth-order valence-electron chi connectivity index (χ4n) is 2.11. The number of aromatic nitrogens is 1. The van der Waals surface area contributed by atoms with Crippen molar-refractivity contribution in [3.05, 3.63) is 57.9 Å². The first-order valence-electron chi connectivity index (χ1n) is 7.80. The number of amides is 2. The van der Waals surface area contributed by atoms with Gasteiger partial charge in [0.05, 0.1) is 22.2 Å². The molecule has 0 saturated heterocycles. The molecule has 2 amide bonds. The van der Waals surface area contributed by atoms with Crippen LogP contribution in [0.1, 0.15) is 20.9 Å². The molecule has 0 unspecified atom stereocenters. The number of ether oxygens (including phenoxy) is 1. The van der Waals surface area contributed by atoms with Gasteiger partial charge in [0.25, 0.3) is 11.8 Å². The summed E-state index contributed by atoms with van der Waals surface area (Å²) in [6, 6.07) is 12.2. The number of carbonyl (C=O) groups excluding carboxylic acids is 2. The van der Waals surface area contributed by atoms with E-state index in [-0.39, 0.29) is 6.61 Å². The van der Waals surface area contributed by atoms with Crippen LogP contribution < -0.4 is 15.6 Å². The molecule has 0 atom stereocenters. The van der Waals surface area contributed by atoms with E-state index in [1.54, 1.807) is 42.5 Å². The zero-order valence-electron chi connectivity index (χ0n) is 14.2. The van der Waals surface area contributed by atoms with Crippen molar-refractivity contribution in [2.75, 3.05) is 6.61 Å². The number of hydrogen-bond acceptors (Lipinski definition) is 7. The first-order chi connectivity index (χ1) is 13.1. The van der Waals surface area contributed by atoms with Gasteiger partial charge in [-0.15, -0.1) is 22.7 Å². The van der Waals surface area contributed by atoms with E-state index in [9.17, 15) is 9.59 Å². The highest BCUT2D eigenvalue weighted by molar-refractivity contribution is 7.22. The van der Waals surface area contributed by atoms with Crippen LogP contribution in [0, 0.1) is 18.3 Å². The van der Waals surface area contributed by atoms with Crippen LogP contribution in [0.15, 0.2) is 41.8 Å². The van der Waals surface area contributed by atoms with Crippen molar-refractivity contribution >= 4 is 34.5 Å². The van der Waals surface area contributed by atoms with E-state index in [2.05, 4.69) is 15.8 Å². The number of hydrazine groups is 1. The summed E-state index contributed by atoms with van der Waals surface area (Å²) in [5.74, 6) is -0.484. The molecule has 9 heteroatoms. The number of hydrogen-bond donors (Lipinski definition) is 2. The summed E-state index contributed by atoms with van der Waals surface area (Å²) >= 11 is 2.82. The molecule has 0 fully saturated rings. The molecule has 0 aliphatic heterocycles. The fourth-order valence-corrected chi connectivity index (χ4v) is 3.86. The van der Waals surface area contributed by atoms with Crippen molar-refractivity contribution in [2.45, 2.75) is 6.92 Å². The molecule has 0 radical (unpaired) electrons. The molecule has 2 heterocycles. The second-order valence-corrected chi connectivity index (χ2v) is 7.28. The summed E-state index contributed by atoms with van der Waals surface area (Å²) in [6.07, 6.45) is 0. The predicted molar refractivity (Wildman–Crippen MR) is 102 cm³/mol. The second kappa shape index (κ2) is 8.44. The van der Waals surface area contributed by atoms with E-state index >= 15 is 0 Å². The van der Waals surface area contributed by atoms with Crippen LogP contribution >= 0.6 is 22.7 Å². The molecule has 136 valence electrons. The van der Waals surface area contributed by atoms with Gasteiger partial charge in [-0.3, -0.25) is 20.4 Å². The lowest BCUT2D eigenvalue weighted by molar-refractivity contribution is -0.123. The van der Waals surface area contributed by atoms with Crippen LogP contribution in [-0.2, 0) is 4.79 Å². The third kappa shape index (κ3) is 4.69. The lowest BCUT2D eigenvalue weighted by atomic mass is 10.2. The highest BCUT2D eigenvalue weighted by Crippen LogP contribution is 2.30. The average Bonchev–Trinajstić information content (AvgIpc) is 3.34. The van der Waals surface area contributed by atoms with E-state index < -0.39 is 11.8 Å². The third-order valence-electron chi connectivity index (χ3n) is 3.40. The molecule has 0 spiro atoms. The van der Waals surface area contributed by atoms with E-state index in [1.807, 2.05) is 23.6 Å². The average molecular weight is 398 g/mol. The number of carbonyl (C=O) groups is 2. The minimum atomic E-state index is -0.506. The minimum Gasteiger partial charge on any atom is -0.484 e. The Labute approximate surface area is 163 Å². The van der Waals surface area contributed by atoms with Crippen LogP contribution in [0.3, 0.4) is 0 Å². The summed E-state index contributed by atoms with van der Waals surface area (Å²) in [7, 11) is 0. The Hall–Kier alpha value is -3.22. The van der Waals surface area contributed by atoms with E-state index in [4.69, 9.17) is 10.00 Å². The van der Waals surface area contributed by atoms with E-state index in [0.29, 0.717) is 21.9 Å². The number of nitrogens with one attached hydrogen (secondary N) is 2. The van der Waals surface area contributed by atoms with Crippen molar-refractivity contribution in [3.8, 4) is 21.7 Å². The smallest absolute Gasteiger partial charge is 0.281 e. The number of benzene rings is 1.